The van der Waals surface area contributed by atoms with Gasteiger partial charge in [0.1, 0.15) is 11.9 Å². The molecule has 2 aromatic rings. The first-order valence-electron chi connectivity index (χ1n) is 9.27. The summed E-state index contributed by atoms with van der Waals surface area (Å²) >= 11 is 5.87. The van der Waals surface area contributed by atoms with Crippen LogP contribution in [0.2, 0.25) is 5.02 Å². The van der Waals surface area contributed by atoms with Gasteiger partial charge >= 0.3 is 6.36 Å². The second kappa shape index (κ2) is 9.47. The van der Waals surface area contributed by atoms with Gasteiger partial charge in [0.05, 0.1) is 4.90 Å². The number of hydroxylamine groups is 1. The molecule has 168 valence electrons. The normalized spacial score (nSPS) is 16.5. The van der Waals surface area contributed by atoms with Crippen molar-refractivity contribution >= 4 is 21.6 Å². The number of halogens is 4. The maximum Gasteiger partial charge on any atom is 0.573 e. The molecule has 0 spiro atoms. The fraction of sp³-hybridized carbons (Fsp3) is 0.300. The number of ether oxygens (including phenoxy) is 1. The Kier molecular flexibility index (Phi) is 7.15. The molecule has 2 aromatic carbocycles. The minimum Gasteiger partial charge on any atom is -0.406 e. The molecule has 1 aliphatic rings. The molecule has 0 aromatic heterocycles. The topological polar surface area (TPSA) is 67.9 Å². The quantitative estimate of drug-likeness (QED) is 0.581. The van der Waals surface area contributed by atoms with Gasteiger partial charge in [0.25, 0.3) is 0 Å². The molecule has 0 amide bonds. The molecule has 0 saturated heterocycles. The third-order valence-corrected chi connectivity index (χ3v) is 6.70. The number of rotatable bonds is 7. The molecule has 31 heavy (non-hydrogen) atoms. The van der Waals surface area contributed by atoms with E-state index in [2.05, 4.69) is 10.2 Å². The minimum absolute atomic E-state index is 0.101. The van der Waals surface area contributed by atoms with Gasteiger partial charge in [-0.1, -0.05) is 23.7 Å². The highest BCUT2D eigenvalue weighted by atomic mass is 35.5. The van der Waals surface area contributed by atoms with E-state index >= 15 is 0 Å². The van der Waals surface area contributed by atoms with Crippen LogP contribution in [0.4, 0.5) is 13.2 Å². The van der Waals surface area contributed by atoms with Gasteiger partial charge in [0, 0.05) is 30.2 Å². The molecule has 6 nitrogen and oxygen atoms in total. The van der Waals surface area contributed by atoms with Crippen molar-refractivity contribution in [3.63, 3.8) is 0 Å². The number of nitrogens with one attached hydrogen (secondary N) is 1. The fourth-order valence-corrected chi connectivity index (χ4v) is 4.40. The Morgan fingerprint density at radius 1 is 1.10 bits per heavy atom. The largest absolute Gasteiger partial charge is 0.573 e. The Morgan fingerprint density at radius 2 is 1.74 bits per heavy atom. The van der Waals surface area contributed by atoms with Crippen molar-refractivity contribution < 1.29 is 31.2 Å². The molecule has 1 N–H and O–H groups in total. The van der Waals surface area contributed by atoms with Gasteiger partial charge < -0.3 is 4.74 Å². The number of sulfonamides is 1. The van der Waals surface area contributed by atoms with Crippen LogP contribution in [0.25, 0.3) is 0 Å². The van der Waals surface area contributed by atoms with Crippen molar-refractivity contribution in [3.05, 3.63) is 70.9 Å². The van der Waals surface area contributed by atoms with Crippen LogP contribution in [-0.4, -0.2) is 32.2 Å². The van der Waals surface area contributed by atoms with Crippen molar-refractivity contribution in [1.29, 1.82) is 0 Å². The number of alkyl halides is 3. The van der Waals surface area contributed by atoms with E-state index in [-0.39, 0.29) is 24.1 Å². The van der Waals surface area contributed by atoms with Crippen LogP contribution in [0.15, 0.2) is 65.2 Å². The highest BCUT2D eigenvalue weighted by Gasteiger charge is 2.31. The van der Waals surface area contributed by atoms with Gasteiger partial charge in [-0.2, -0.15) is 4.31 Å². The summed E-state index contributed by atoms with van der Waals surface area (Å²) in [5.41, 5.74) is 4.52. The van der Waals surface area contributed by atoms with Gasteiger partial charge in [-0.15, -0.1) is 13.2 Å². The van der Waals surface area contributed by atoms with Crippen LogP contribution in [0.1, 0.15) is 25.0 Å². The highest BCUT2D eigenvalue weighted by Crippen LogP contribution is 2.26. The molecule has 0 fully saturated rings. The molecule has 1 aliphatic heterocycles. The van der Waals surface area contributed by atoms with E-state index in [1.165, 1.54) is 4.31 Å². The average molecular weight is 477 g/mol. The zero-order chi connectivity index (χ0) is 22.6. The summed E-state index contributed by atoms with van der Waals surface area (Å²) < 4.78 is 67.2. The van der Waals surface area contributed by atoms with Gasteiger partial charge in [-0.25, -0.2) is 8.42 Å². The van der Waals surface area contributed by atoms with Crippen molar-refractivity contribution in [1.82, 2.24) is 9.79 Å². The van der Waals surface area contributed by atoms with Gasteiger partial charge in [0.15, 0.2) is 0 Å². The van der Waals surface area contributed by atoms with Crippen molar-refractivity contribution in [3.8, 4) is 5.75 Å². The first-order valence-corrected chi connectivity index (χ1v) is 11.1. The molecule has 0 bridgehead atoms. The van der Waals surface area contributed by atoms with E-state index in [1.807, 2.05) is 19.1 Å². The third-order valence-electron chi connectivity index (χ3n) is 4.57. The molecular formula is C20H20ClF3N2O4S. The molecule has 0 radical (unpaired) electrons. The summed E-state index contributed by atoms with van der Waals surface area (Å²) in [6, 6.07) is 11.3. The second-order valence-electron chi connectivity index (χ2n) is 6.78. The number of hydrogen-bond acceptors (Lipinski definition) is 5. The van der Waals surface area contributed by atoms with Crippen LogP contribution in [-0.2, 0) is 14.9 Å². The Bertz CT molecular complexity index is 1030. The maximum atomic E-state index is 12.7. The molecule has 0 aliphatic carbocycles. The number of benzene rings is 2. The highest BCUT2D eigenvalue weighted by molar-refractivity contribution is 7.89. The summed E-state index contributed by atoms with van der Waals surface area (Å²) in [6.07, 6.45) is -3.01. The number of hydrogen-bond donors (Lipinski definition) is 1. The van der Waals surface area contributed by atoms with Crippen molar-refractivity contribution in [2.24, 2.45) is 0 Å². The van der Waals surface area contributed by atoms with Gasteiger partial charge in [-0.3, -0.25) is 10.3 Å². The second-order valence-corrected chi connectivity index (χ2v) is 9.15. The lowest BCUT2D eigenvalue weighted by Gasteiger charge is -2.27. The SMILES string of the molecule is CC(ONC1=CCN(S(=O)(=O)c2ccc(OC(F)(F)F)cc2)CC1)c1ccc(Cl)cc1. The summed E-state index contributed by atoms with van der Waals surface area (Å²) in [7, 11) is -3.85. The predicted molar refractivity (Wildman–Crippen MR) is 109 cm³/mol. The first-order chi connectivity index (χ1) is 14.5. The Balaban J connectivity index is 1.57. The lowest BCUT2D eigenvalue weighted by atomic mass is 10.1. The molecular weight excluding hydrogens is 457 g/mol. The van der Waals surface area contributed by atoms with E-state index < -0.39 is 22.1 Å². The van der Waals surface area contributed by atoms with E-state index in [9.17, 15) is 21.6 Å². The lowest BCUT2D eigenvalue weighted by molar-refractivity contribution is -0.274. The third kappa shape index (κ3) is 6.36. The van der Waals surface area contributed by atoms with E-state index in [0.717, 1.165) is 35.5 Å². The first kappa shape index (κ1) is 23.4. The Hall–Kier alpha value is -2.27. The minimum atomic E-state index is -4.84. The summed E-state index contributed by atoms with van der Waals surface area (Å²) in [5.74, 6) is -0.483. The van der Waals surface area contributed by atoms with Crippen LogP contribution < -0.4 is 10.2 Å². The monoisotopic (exact) mass is 476 g/mol. The smallest absolute Gasteiger partial charge is 0.406 e. The standard InChI is InChI=1S/C20H20ClF3N2O4S/c1-14(15-2-4-16(21)5-3-15)30-25-17-10-12-26(13-11-17)31(27,28)19-8-6-18(7-9-19)29-20(22,23)24/h2-10,14,25H,11-13H2,1H3. The molecule has 11 heteroatoms. The van der Waals surface area contributed by atoms with Crippen LogP contribution in [0, 0.1) is 0 Å². The Morgan fingerprint density at radius 3 is 2.29 bits per heavy atom. The van der Waals surface area contributed by atoms with E-state index in [0.29, 0.717) is 11.4 Å². The summed E-state index contributed by atoms with van der Waals surface area (Å²) in [4.78, 5) is 5.52. The zero-order valence-corrected chi connectivity index (χ0v) is 18.0. The van der Waals surface area contributed by atoms with E-state index in [4.69, 9.17) is 16.4 Å². The van der Waals surface area contributed by atoms with Gasteiger partial charge in [-0.05, 0) is 55.0 Å². The summed E-state index contributed by atoms with van der Waals surface area (Å²) in [5, 5.41) is 0.628. The van der Waals surface area contributed by atoms with Crippen LogP contribution in [0.3, 0.4) is 0 Å². The number of nitrogens with zero attached hydrogens (tertiary/aromatic N) is 1. The predicted octanol–water partition coefficient (Wildman–Crippen LogP) is 4.80. The van der Waals surface area contributed by atoms with Crippen molar-refractivity contribution in [2.75, 3.05) is 13.1 Å². The lowest BCUT2D eigenvalue weighted by Crippen LogP contribution is -2.36. The molecule has 3 rings (SSSR count). The van der Waals surface area contributed by atoms with Gasteiger partial charge in [0.2, 0.25) is 10.0 Å². The van der Waals surface area contributed by atoms with Crippen molar-refractivity contribution in [2.45, 2.75) is 30.7 Å². The Labute approximate surface area is 183 Å². The molecule has 0 saturated carbocycles. The van der Waals surface area contributed by atoms with Crippen LogP contribution in [0.5, 0.6) is 5.75 Å². The van der Waals surface area contributed by atoms with E-state index in [1.54, 1.807) is 18.2 Å². The fourth-order valence-electron chi connectivity index (χ4n) is 2.89. The maximum absolute atomic E-state index is 12.7. The summed E-state index contributed by atoms with van der Waals surface area (Å²) in [6.45, 7) is 2.16. The van der Waals surface area contributed by atoms with Crippen LogP contribution >= 0.6 is 11.6 Å². The average Bonchev–Trinajstić information content (AvgIpc) is 2.72. The zero-order valence-electron chi connectivity index (χ0n) is 16.4. The molecule has 1 unspecified atom stereocenters. The molecule has 1 atom stereocenters. The molecule has 1 heterocycles.